The Labute approximate surface area is 176 Å². The van der Waals surface area contributed by atoms with Gasteiger partial charge in [0.25, 0.3) is 0 Å². The molecular formula is C22H19F3N4O2. The van der Waals surface area contributed by atoms with Crippen LogP contribution in [0.25, 0.3) is 11.3 Å². The normalized spacial score (nSPS) is 20.1. The van der Waals surface area contributed by atoms with Crippen molar-refractivity contribution in [2.75, 3.05) is 19.0 Å². The van der Waals surface area contributed by atoms with E-state index in [-0.39, 0.29) is 41.9 Å². The third-order valence-corrected chi connectivity index (χ3v) is 5.42. The number of nitrogens with zero attached hydrogens (tertiary/aromatic N) is 3. The van der Waals surface area contributed by atoms with Gasteiger partial charge in [0.05, 0.1) is 24.1 Å². The molecular weight excluding hydrogens is 409 g/mol. The third-order valence-electron chi connectivity index (χ3n) is 5.42. The van der Waals surface area contributed by atoms with Crippen LogP contribution in [0.15, 0.2) is 48.7 Å². The summed E-state index contributed by atoms with van der Waals surface area (Å²) >= 11 is 0. The standard InChI is InChI=1S/C22H19F3N4O2/c1-31-21(30)13-4-5-16(24)15(9-13)18-6-7-19(29-28-18)27-12-22(10-14(23)11-22)20-17(25)3-2-8-26-20/h2-9,14H,10-12H2,1H3,(H,27,29). The Balaban J connectivity index is 1.52. The van der Waals surface area contributed by atoms with Crippen molar-refractivity contribution in [3.05, 3.63) is 71.6 Å². The molecule has 0 saturated heterocycles. The molecule has 0 aliphatic heterocycles. The Morgan fingerprint density at radius 3 is 2.61 bits per heavy atom. The van der Waals surface area contributed by atoms with Gasteiger partial charge < -0.3 is 10.1 Å². The van der Waals surface area contributed by atoms with Gasteiger partial charge in [0.15, 0.2) is 0 Å². The molecule has 0 spiro atoms. The zero-order chi connectivity index (χ0) is 22.0. The smallest absolute Gasteiger partial charge is 0.337 e. The number of halogens is 3. The Hall–Kier alpha value is -3.49. The van der Waals surface area contributed by atoms with Crippen LogP contribution in [-0.4, -0.2) is 41.0 Å². The predicted molar refractivity (Wildman–Crippen MR) is 107 cm³/mol. The summed E-state index contributed by atoms with van der Waals surface area (Å²) < 4.78 is 46.8. The van der Waals surface area contributed by atoms with Crippen LogP contribution in [0.1, 0.15) is 28.9 Å². The molecule has 1 aromatic carbocycles. The van der Waals surface area contributed by atoms with Crippen molar-refractivity contribution in [1.82, 2.24) is 15.2 Å². The number of carbonyl (C=O) groups is 1. The van der Waals surface area contributed by atoms with E-state index >= 15 is 0 Å². The van der Waals surface area contributed by atoms with E-state index in [1.165, 1.54) is 37.6 Å². The fraction of sp³-hybridized carbons (Fsp3) is 0.273. The van der Waals surface area contributed by atoms with Crippen molar-refractivity contribution in [1.29, 1.82) is 0 Å². The van der Waals surface area contributed by atoms with E-state index < -0.39 is 29.2 Å². The van der Waals surface area contributed by atoms with Gasteiger partial charge in [-0.1, -0.05) is 0 Å². The molecule has 6 nitrogen and oxygen atoms in total. The average Bonchev–Trinajstić information content (AvgIpc) is 2.76. The van der Waals surface area contributed by atoms with Gasteiger partial charge >= 0.3 is 5.97 Å². The van der Waals surface area contributed by atoms with Gasteiger partial charge in [0, 0.05) is 23.7 Å². The van der Waals surface area contributed by atoms with Crippen molar-refractivity contribution in [3.63, 3.8) is 0 Å². The van der Waals surface area contributed by atoms with E-state index in [9.17, 15) is 18.0 Å². The van der Waals surface area contributed by atoms with Crippen LogP contribution in [0, 0.1) is 11.6 Å². The summed E-state index contributed by atoms with van der Waals surface area (Å²) in [5, 5.41) is 11.1. The Morgan fingerprint density at radius 2 is 1.97 bits per heavy atom. The molecule has 1 fully saturated rings. The first kappa shape index (κ1) is 20.8. The highest BCUT2D eigenvalue weighted by atomic mass is 19.1. The van der Waals surface area contributed by atoms with Gasteiger partial charge in [-0.2, -0.15) is 0 Å². The monoisotopic (exact) mass is 428 g/mol. The van der Waals surface area contributed by atoms with E-state index in [1.807, 2.05) is 0 Å². The van der Waals surface area contributed by atoms with Gasteiger partial charge in [0.2, 0.25) is 0 Å². The molecule has 0 amide bonds. The second kappa shape index (κ2) is 8.33. The molecule has 2 aromatic heterocycles. The molecule has 31 heavy (non-hydrogen) atoms. The summed E-state index contributed by atoms with van der Waals surface area (Å²) in [5.74, 6) is -1.26. The highest BCUT2D eigenvalue weighted by Crippen LogP contribution is 2.45. The lowest BCUT2D eigenvalue weighted by Crippen LogP contribution is -2.49. The summed E-state index contributed by atoms with van der Waals surface area (Å²) in [4.78, 5) is 15.8. The molecule has 160 valence electrons. The number of carbonyl (C=O) groups excluding carboxylic acids is 1. The number of benzene rings is 1. The number of hydrogen-bond acceptors (Lipinski definition) is 6. The van der Waals surface area contributed by atoms with Crippen LogP contribution in [-0.2, 0) is 10.2 Å². The highest BCUT2D eigenvalue weighted by molar-refractivity contribution is 5.90. The van der Waals surface area contributed by atoms with Crippen LogP contribution >= 0.6 is 0 Å². The van der Waals surface area contributed by atoms with Crippen LogP contribution in [0.5, 0.6) is 0 Å². The number of pyridine rings is 1. The maximum atomic E-state index is 14.2. The third kappa shape index (κ3) is 4.08. The van der Waals surface area contributed by atoms with E-state index in [0.717, 1.165) is 6.07 Å². The lowest BCUT2D eigenvalue weighted by Gasteiger charge is -2.44. The molecule has 9 heteroatoms. The van der Waals surface area contributed by atoms with Crippen LogP contribution in [0.3, 0.4) is 0 Å². The number of ether oxygens (including phenoxy) is 1. The summed E-state index contributed by atoms with van der Waals surface area (Å²) in [5.41, 5.74) is -0.0258. The minimum atomic E-state index is -1.01. The number of hydrogen-bond donors (Lipinski definition) is 1. The lowest BCUT2D eigenvalue weighted by molar-refractivity contribution is 0.0600. The van der Waals surface area contributed by atoms with Crippen molar-refractivity contribution in [3.8, 4) is 11.3 Å². The van der Waals surface area contributed by atoms with Crippen LogP contribution in [0.4, 0.5) is 19.0 Å². The summed E-state index contributed by atoms with van der Waals surface area (Å²) in [6.07, 6.45) is 0.787. The average molecular weight is 428 g/mol. The second-order valence-electron chi connectivity index (χ2n) is 7.46. The van der Waals surface area contributed by atoms with Crippen LogP contribution < -0.4 is 5.32 Å². The maximum absolute atomic E-state index is 14.2. The fourth-order valence-corrected chi connectivity index (χ4v) is 3.78. The van der Waals surface area contributed by atoms with E-state index in [0.29, 0.717) is 5.82 Å². The van der Waals surface area contributed by atoms with Gasteiger partial charge in [-0.15, -0.1) is 10.2 Å². The molecule has 0 unspecified atom stereocenters. The molecule has 0 bridgehead atoms. The Kier molecular flexibility index (Phi) is 5.58. The van der Waals surface area contributed by atoms with Crippen molar-refractivity contribution >= 4 is 11.8 Å². The number of alkyl halides is 1. The van der Waals surface area contributed by atoms with Gasteiger partial charge in [-0.05, 0) is 55.3 Å². The first-order chi connectivity index (χ1) is 14.9. The number of nitrogens with one attached hydrogen (secondary N) is 1. The minimum absolute atomic E-state index is 0.105. The van der Waals surface area contributed by atoms with E-state index in [2.05, 4.69) is 25.2 Å². The molecule has 4 rings (SSSR count). The second-order valence-corrected chi connectivity index (χ2v) is 7.46. The molecule has 1 aliphatic rings. The van der Waals surface area contributed by atoms with Crippen molar-refractivity contribution in [2.45, 2.75) is 24.4 Å². The number of methoxy groups -OCH3 is 1. The first-order valence-electron chi connectivity index (χ1n) is 9.63. The quantitative estimate of drug-likeness (QED) is 0.596. The van der Waals surface area contributed by atoms with Crippen molar-refractivity contribution < 1.29 is 22.7 Å². The highest BCUT2D eigenvalue weighted by Gasteiger charge is 2.48. The first-order valence-corrected chi connectivity index (χ1v) is 9.63. The SMILES string of the molecule is COC(=O)c1ccc(F)c(-c2ccc(NCC3(c4ncccc4F)CC(F)C3)nn2)c1. The Morgan fingerprint density at radius 1 is 1.16 bits per heavy atom. The molecule has 0 radical (unpaired) electrons. The number of anilines is 1. The van der Waals surface area contributed by atoms with Crippen LogP contribution in [0.2, 0.25) is 0 Å². The lowest BCUT2D eigenvalue weighted by atomic mass is 9.65. The molecule has 1 aliphatic carbocycles. The molecule has 3 aromatic rings. The summed E-state index contributed by atoms with van der Waals surface area (Å²) in [7, 11) is 1.24. The minimum Gasteiger partial charge on any atom is -0.465 e. The molecule has 1 N–H and O–H groups in total. The zero-order valence-electron chi connectivity index (χ0n) is 16.6. The van der Waals surface area contributed by atoms with Gasteiger partial charge in [-0.3, -0.25) is 4.98 Å². The van der Waals surface area contributed by atoms with Crippen molar-refractivity contribution in [2.24, 2.45) is 0 Å². The fourth-order valence-electron chi connectivity index (χ4n) is 3.78. The Bertz CT molecular complexity index is 1100. The summed E-state index contributed by atoms with van der Waals surface area (Å²) in [6, 6.07) is 9.74. The van der Waals surface area contributed by atoms with E-state index in [1.54, 1.807) is 12.1 Å². The predicted octanol–water partition coefficient (Wildman–Crippen LogP) is 4.09. The summed E-state index contributed by atoms with van der Waals surface area (Å²) in [6.45, 7) is 0.224. The number of aromatic nitrogens is 3. The van der Waals surface area contributed by atoms with E-state index in [4.69, 9.17) is 0 Å². The molecule has 2 heterocycles. The maximum Gasteiger partial charge on any atom is 0.337 e. The number of rotatable bonds is 6. The molecule has 1 saturated carbocycles. The van der Waals surface area contributed by atoms with Gasteiger partial charge in [0.1, 0.15) is 23.6 Å². The number of esters is 1. The van der Waals surface area contributed by atoms with Gasteiger partial charge in [-0.25, -0.2) is 18.0 Å². The zero-order valence-corrected chi connectivity index (χ0v) is 16.6. The topological polar surface area (TPSA) is 77.0 Å². The largest absolute Gasteiger partial charge is 0.465 e. The molecule has 0 atom stereocenters.